The van der Waals surface area contributed by atoms with Gasteiger partial charge >= 0.3 is 24.2 Å². The standard InChI is InChI=1S/C31H41NO10/c1-4-6-11-18-39-29(35)41-25-16-15-23(21-26(25)42-30(36)40-19-12-7-5-2)22-31(32,28(34)37-3)17-20-38-27(33)24-13-9-8-10-14-24/h8-10,13-16,21H,4-7,11-12,17-20,22,32H2,1-3H3/t31-/m1/s1. The summed E-state index contributed by atoms with van der Waals surface area (Å²) in [5, 5.41) is 0. The van der Waals surface area contributed by atoms with Gasteiger partial charge in [0.1, 0.15) is 5.54 Å². The molecule has 230 valence electrons. The minimum Gasteiger partial charge on any atom is -0.468 e. The van der Waals surface area contributed by atoms with Gasteiger partial charge in [-0.05, 0) is 42.7 Å². The Labute approximate surface area is 246 Å². The van der Waals surface area contributed by atoms with E-state index in [0.29, 0.717) is 24.0 Å². The van der Waals surface area contributed by atoms with E-state index in [4.69, 9.17) is 34.2 Å². The molecule has 2 aromatic rings. The lowest BCUT2D eigenvalue weighted by Crippen LogP contribution is -2.51. The van der Waals surface area contributed by atoms with Crippen molar-refractivity contribution in [2.45, 2.75) is 70.8 Å². The highest BCUT2D eigenvalue weighted by Crippen LogP contribution is 2.31. The smallest absolute Gasteiger partial charge is 0.468 e. The minimum absolute atomic E-state index is 0.0593. The first-order valence-electron chi connectivity index (χ1n) is 14.1. The summed E-state index contributed by atoms with van der Waals surface area (Å²) in [6.07, 6.45) is 2.97. The number of benzene rings is 2. The van der Waals surface area contributed by atoms with E-state index in [1.165, 1.54) is 19.2 Å². The fraction of sp³-hybridized carbons (Fsp3) is 0.484. The molecule has 0 spiro atoms. The quantitative estimate of drug-likeness (QED) is 0.104. The van der Waals surface area contributed by atoms with Gasteiger partial charge in [0.2, 0.25) is 0 Å². The van der Waals surface area contributed by atoms with Crippen molar-refractivity contribution >= 4 is 24.2 Å². The van der Waals surface area contributed by atoms with E-state index in [-0.39, 0.29) is 44.2 Å². The molecule has 0 bridgehead atoms. The SMILES string of the molecule is CCCCCOC(=O)Oc1ccc(C[C@](N)(CCOC(=O)c2ccccc2)C(=O)OC)cc1OC(=O)OCCCCC. The Morgan fingerprint density at radius 1 is 0.738 bits per heavy atom. The van der Waals surface area contributed by atoms with Gasteiger partial charge in [-0.15, -0.1) is 0 Å². The zero-order valence-corrected chi connectivity index (χ0v) is 24.6. The maximum Gasteiger partial charge on any atom is 0.513 e. The molecule has 0 aliphatic rings. The van der Waals surface area contributed by atoms with Crippen LogP contribution in [0, 0.1) is 0 Å². The fourth-order valence-electron chi connectivity index (χ4n) is 3.89. The second-order valence-corrected chi connectivity index (χ2v) is 9.67. The Balaban J connectivity index is 2.18. The van der Waals surface area contributed by atoms with Gasteiger partial charge in [0, 0.05) is 12.8 Å². The molecule has 0 aliphatic carbocycles. The van der Waals surface area contributed by atoms with Gasteiger partial charge in [0.25, 0.3) is 0 Å². The lowest BCUT2D eigenvalue weighted by atomic mass is 9.88. The zero-order chi connectivity index (χ0) is 30.8. The number of esters is 2. The largest absolute Gasteiger partial charge is 0.513 e. The van der Waals surface area contributed by atoms with Crippen LogP contribution in [-0.4, -0.2) is 56.7 Å². The second-order valence-electron chi connectivity index (χ2n) is 9.67. The first-order chi connectivity index (χ1) is 20.2. The summed E-state index contributed by atoms with van der Waals surface area (Å²) in [5.41, 5.74) is 5.67. The van der Waals surface area contributed by atoms with Crippen LogP contribution in [0.1, 0.15) is 74.7 Å². The average Bonchev–Trinajstić information content (AvgIpc) is 2.98. The number of rotatable bonds is 17. The van der Waals surface area contributed by atoms with Crippen molar-refractivity contribution in [2.24, 2.45) is 5.73 Å². The summed E-state index contributed by atoms with van der Waals surface area (Å²) in [5.74, 6) is -1.49. The molecule has 42 heavy (non-hydrogen) atoms. The summed E-state index contributed by atoms with van der Waals surface area (Å²) < 4.78 is 31.1. The lowest BCUT2D eigenvalue weighted by Gasteiger charge is -2.26. The molecular weight excluding hydrogens is 546 g/mol. The third-order valence-electron chi connectivity index (χ3n) is 6.23. The van der Waals surface area contributed by atoms with Gasteiger partial charge in [-0.25, -0.2) is 14.4 Å². The Kier molecular flexibility index (Phi) is 14.9. The number of hydrogen-bond donors (Lipinski definition) is 1. The molecule has 0 aliphatic heterocycles. The number of hydrogen-bond acceptors (Lipinski definition) is 11. The molecule has 1 atom stereocenters. The molecule has 0 unspecified atom stereocenters. The summed E-state index contributed by atoms with van der Waals surface area (Å²) in [6.45, 7) is 4.24. The van der Waals surface area contributed by atoms with Gasteiger partial charge in [-0.3, -0.25) is 4.79 Å². The number of nitrogens with two attached hydrogens (primary N) is 1. The molecule has 0 heterocycles. The van der Waals surface area contributed by atoms with Crippen LogP contribution in [0.3, 0.4) is 0 Å². The van der Waals surface area contributed by atoms with Crippen molar-refractivity contribution in [2.75, 3.05) is 26.9 Å². The maximum atomic E-state index is 12.7. The predicted octanol–water partition coefficient (Wildman–Crippen LogP) is 5.76. The topological polar surface area (TPSA) is 150 Å². The normalized spacial score (nSPS) is 12.0. The van der Waals surface area contributed by atoms with E-state index < -0.39 is 29.8 Å². The average molecular weight is 588 g/mol. The number of ether oxygens (including phenoxy) is 6. The number of carbonyl (C=O) groups excluding carboxylic acids is 4. The number of unbranched alkanes of at least 4 members (excludes halogenated alkanes) is 4. The van der Waals surface area contributed by atoms with Crippen LogP contribution in [0.5, 0.6) is 11.5 Å². The first kappa shape index (κ1) is 34.1. The summed E-state index contributed by atoms with van der Waals surface area (Å²) >= 11 is 0. The third kappa shape index (κ3) is 11.8. The molecule has 0 fully saturated rings. The van der Waals surface area contributed by atoms with Gasteiger partial charge in [-0.2, -0.15) is 0 Å². The lowest BCUT2D eigenvalue weighted by molar-refractivity contribution is -0.147. The Morgan fingerprint density at radius 2 is 1.33 bits per heavy atom. The van der Waals surface area contributed by atoms with Gasteiger partial charge in [-0.1, -0.05) is 63.8 Å². The van der Waals surface area contributed by atoms with E-state index in [9.17, 15) is 19.2 Å². The zero-order valence-electron chi connectivity index (χ0n) is 24.6. The molecular formula is C31H41NO10. The van der Waals surface area contributed by atoms with Gasteiger partial charge in [0.05, 0.1) is 32.5 Å². The van der Waals surface area contributed by atoms with Crippen molar-refractivity contribution in [1.29, 1.82) is 0 Å². The summed E-state index contributed by atoms with van der Waals surface area (Å²) in [6, 6.07) is 12.8. The van der Waals surface area contributed by atoms with E-state index in [1.807, 2.05) is 13.8 Å². The van der Waals surface area contributed by atoms with E-state index in [2.05, 4.69) is 0 Å². The highest BCUT2D eigenvalue weighted by molar-refractivity contribution is 5.89. The summed E-state index contributed by atoms with van der Waals surface area (Å²) in [7, 11) is 1.20. The Morgan fingerprint density at radius 3 is 1.90 bits per heavy atom. The Hall–Kier alpha value is -4.12. The number of methoxy groups -OCH3 is 1. The van der Waals surface area contributed by atoms with Crippen LogP contribution in [-0.2, 0) is 30.2 Å². The van der Waals surface area contributed by atoms with Crippen LogP contribution in [0.2, 0.25) is 0 Å². The fourth-order valence-corrected chi connectivity index (χ4v) is 3.89. The van der Waals surface area contributed by atoms with Crippen molar-refractivity contribution in [3.05, 3.63) is 59.7 Å². The molecule has 0 aromatic heterocycles. The molecule has 0 radical (unpaired) electrons. The molecule has 11 nitrogen and oxygen atoms in total. The third-order valence-corrected chi connectivity index (χ3v) is 6.23. The van der Waals surface area contributed by atoms with Crippen LogP contribution in [0.15, 0.2) is 48.5 Å². The number of carbonyl (C=O) groups is 4. The monoisotopic (exact) mass is 587 g/mol. The molecule has 0 saturated heterocycles. The summed E-state index contributed by atoms with van der Waals surface area (Å²) in [4.78, 5) is 49.6. The first-order valence-corrected chi connectivity index (χ1v) is 14.1. The van der Waals surface area contributed by atoms with E-state index in [1.54, 1.807) is 36.4 Å². The maximum absolute atomic E-state index is 12.7. The molecule has 0 amide bonds. The molecule has 0 saturated carbocycles. The molecule has 2 rings (SSSR count). The van der Waals surface area contributed by atoms with E-state index >= 15 is 0 Å². The second kappa shape index (κ2) is 18.3. The van der Waals surface area contributed by atoms with Crippen LogP contribution < -0.4 is 15.2 Å². The highest BCUT2D eigenvalue weighted by atomic mass is 16.7. The van der Waals surface area contributed by atoms with Crippen LogP contribution in [0.25, 0.3) is 0 Å². The van der Waals surface area contributed by atoms with E-state index in [0.717, 1.165) is 25.7 Å². The van der Waals surface area contributed by atoms with Gasteiger partial charge in [0.15, 0.2) is 11.5 Å². The minimum atomic E-state index is -1.59. The Bertz CT molecular complexity index is 1150. The van der Waals surface area contributed by atoms with Crippen LogP contribution >= 0.6 is 0 Å². The van der Waals surface area contributed by atoms with Crippen molar-refractivity contribution in [1.82, 2.24) is 0 Å². The van der Waals surface area contributed by atoms with Gasteiger partial charge < -0.3 is 34.2 Å². The van der Waals surface area contributed by atoms with Crippen molar-refractivity contribution < 1.29 is 47.6 Å². The molecule has 11 heteroatoms. The van der Waals surface area contributed by atoms with Crippen LogP contribution in [0.4, 0.5) is 9.59 Å². The predicted molar refractivity (Wildman–Crippen MR) is 153 cm³/mol. The van der Waals surface area contributed by atoms with Crippen molar-refractivity contribution in [3.63, 3.8) is 0 Å². The highest BCUT2D eigenvalue weighted by Gasteiger charge is 2.36. The molecule has 2 N–H and O–H groups in total. The molecule has 2 aromatic carbocycles. The van der Waals surface area contributed by atoms with Crippen molar-refractivity contribution in [3.8, 4) is 11.5 Å².